The molecule has 0 bridgehead atoms. The maximum atomic E-state index is 12.8. The highest BCUT2D eigenvalue weighted by atomic mass is 79.9. The van der Waals surface area contributed by atoms with Crippen molar-refractivity contribution in [1.29, 1.82) is 0 Å². The molecule has 4 heteroatoms. The number of halogens is 2. The third kappa shape index (κ3) is 3.19. The maximum absolute atomic E-state index is 12.8. The van der Waals surface area contributed by atoms with Crippen LogP contribution in [0.3, 0.4) is 0 Å². The third-order valence-electron chi connectivity index (χ3n) is 2.74. The van der Waals surface area contributed by atoms with E-state index < -0.39 is 0 Å². The van der Waals surface area contributed by atoms with Gasteiger partial charge in [-0.25, -0.2) is 4.39 Å². The van der Waals surface area contributed by atoms with Crippen molar-refractivity contribution < 1.29 is 9.13 Å². The lowest BCUT2D eigenvalue weighted by Crippen LogP contribution is -2.12. The number of rotatable bonds is 4. The minimum absolute atomic E-state index is 0.225. The van der Waals surface area contributed by atoms with E-state index in [1.807, 2.05) is 0 Å². The monoisotopic (exact) mass is 287 g/mol. The quantitative estimate of drug-likeness (QED) is 0.914. The van der Waals surface area contributed by atoms with E-state index in [-0.39, 0.29) is 5.82 Å². The molecule has 2 nitrogen and oxygen atoms in total. The van der Waals surface area contributed by atoms with Crippen molar-refractivity contribution in [2.45, 2.75) is 25.4 Å². The molecule has 1 unspecified atom stereocenters. The molecule has 1 aromatic carbocycles. The highest BCUT2D eigenvalue weighted by Gasteiger charge is 2.14. The zero-order valence-corrected chi connectivity index (χ0v) is 10.6. The molecule has 1 N–H and O–H groups in total. The molecule has 0 aromatic heterocycles. The van der Waals surface area contributed by atoms with E-state index in [0.717, 1.165) is 36.2 Å². The van der Waals surface area contributed by atoms with Gasteiger partial charge >= 0.3 is 0 Å². The molecular formula is C12H15BrFNO. The van der Waals surface area contributed by atoms with E-state index in [1.165, 1.54) is 18.6 Å². The Balaban J connectivity index is 1.80. The normalized spacial score (nSPS) is 20.0. The first-order valence-corrected chi connectivity index (χ1v) is 6.35. The Labute approximate surface area is 103 Å². The standard InChI is InChI=1S/C12H15BrFNO/c13-11-8-9(14)3-4-12(11)15-6-5-10-2-1-7-16-10/h3-4,8,10,15H,1-2,5-7H2. The minimum Gasteiger partial charge on any atom is -0.384 e. The zero-order chi connectivity index (χ0) is 11.4. The number of benzene rings is 1. The van der Waals surface area contributed by atoms with E-state index in [4.69, 9.17) is 4.74 Å². The lowest BCUT2D eigenvalue weighted by atomic mass is 10.2. The van der Waals surface area contributed by atoms with Crippen LogP contribution in [0, 0.1) is 5.82 Å². The number of ether oxygens (including phenoxy) is 1. The van der Waals surface area contributed by atoms with Crippen LogP contribution in [0.1, 0.15) is 19.3 Å². The molecule has 1 fully saturated rings. The molecule has 0 aliphatic carbocycles. The largest absolute Gasteiger partial charge is 0.384 e. The van der Waals surface area contributed by atoms with Crippen molar-refractivity contribution in [1.82, 2.24) is 0 Å². The Morgan fingerprint density at radius 3 is 3.06 bits per heavy atom. The Hall–Kier alpha value is -0.610. The fraction of sp³-hybridized carbons (Fsp3) is 0.500. The molecule has 2 rings (SSSR count). The molecule has 1 heterocycles. The molecule has 16 heavy (non-hydrogen) atoms. The molecule has 0 saturated carbocycles. The van der Waals surface area contributed by atoms with Gasteiger partial charge in [0.1, 0.15) is 5.82 Å². The number of hydrogen-bond acceptors (Lipinski definition) is 2. The van der Waals surface area contributed by atoms with Gasteiger partial charge in [0.2, 0.25) is 0 Å². The van der Waals surface area contributed by atoms with Gasteiger partial charge < -0.3 is 10.1 Å². The molecule has 1 aliphatic rings. The maximum Gasteiger partial charge on any atom is 0.124 e. The number of anilines is 1. The van der Waals surface area contributed by atoms with Crippen LogP contribution < -0.4 is 5.32 Å². The van der Waals surface area contributed by atoms with Crippen molar-refractivity contribution in [3.8, 4) is 0 Å². The molecule has 88 valence electrons. The highest BCUT2D eigenvalue weighted by Crippen LogP contribution is 2.23. The summed E-state index contributed by atoms with van der Waals surface area (Å²) in [6.07, 6.45) is 3.73. The van der Waals surface area contributed by atoms with Crippen molar-refractivity contribution in [2.24, 2.45) is 0 Å². The Bertz CT molecular complexity index is 353. The lowest BCUT2D eigenvalue weighted by molar-refractivity contribution is 0.107. The Morgan fingerprint density at radius 2 is 2.38 bits per heavy atom. The SMILES string of the molecule is Fc1ccc(NCCC2CCCO2)c(Br)c1. The van der Waals surface area contributed by atoms with Gasteiger partial charge in [0.25, 0.3) is 0 Å². The average Bonchev–Trinajstić information content (AvgIpc) is 2.74. The van der Waals surface area contributed by atoms with Gasteiger partial charge in [0, 0.05) is 23.3 Å². The van der Waals surface area contributed by atoms with Gasteiger partial charge in [-0.1, -0.05) is 0 Å². The summed E-state index contributed by atoms with van der Waals surface area (Å²) in [6, 6.07) is 4.67. The van der Waals surface area contributed by atoms with Crippen LogP contribution in [0.2, 0.25) is 0 Å². The van der Waals surface area contributed by atoms with Crippen molar-refractivity contribution in [3.05, 3.63) is 28.5 Å². The van der Waals surface area contributed by atoms with Crippen molar-refractivity contribution in [2.75, 3.05) is 18.5 Å². The van der Waals surface area contributed by atoms with Gasteiger partial charge in [-0.15, -0.1) is 0 Å². The van der Waals surface area contributed by atoms with Gasteiger partial charge in [-0.3, -0.25) is 0 Å². The van der Waals surface area contributed by atoms with E-state index in [2.05, 4.69) is 21.2 Å². The molecule has 1 saturated heterocycles. The lowest BCUT2D eigenvalue weighted by Gasteiger charge is -2.12. The van der Waals surface area contributed by atoms with Crippen LogP contribution in [0.15, 0.2) is 22.7 Å². The summed E-state index contributed by atoms with van der Waals surface area (Å²) in [7, 11) is 0. The van der Waals surface area contributed by atoms with Crippen LogP contribution in [0.4, 0.5) is 10.1 Å². The first-order valence-electron chi connectivity index (χ1n) is 5.56. The van der Waals surface area contributed by atoms with Crippen LogP contribution >= 0.6 is 15.9 Å². The third-order valence-corrected chi connectivity index (χ3v) is 3.39. The molecule has 0 spiro atoms. The predicted octanol–water partition coefficient (Wildman–Crippen LogP) is 3.57. The van der Waals surface area contributed by atoms with E-state index in [1.54, 1.807) is 6.07 Å². The van der Waals surface area contributed by atoms with Gasteiger partial charge in [0.15, 0.2) is 0 Å². The van der Waals surface area contributed by atoms with E-state index >= 15 is 0 Å². The van der Waals surface area contributed by atoms with Gasteiger partial charge in [-0.2, -0.15) is 0 Å². The van der Waals surface area contributed by atoms with Crippen LogP contribution in [-0.2, 0) is 4.74 Å². The van der Waals surface area contributed by atoms with Crippen LogP contribution in [0.5, 0.6) is 0 Å². The number of nitrogens with one attached hydrogen (secondary N) is 1. The molecule has 1 atom stereocenters. The number of hydrogen-bond donors (Lipinski definition) is 1. The fourth-order valence-corrected chi connectivity index (χ4v) is 2.36. The highest BCUT2D eigenvalue weighted by molar-refractivity contribution is 9.10. The summed E-state index contributed by atoms with van der Waals surface area (Å²) in [4.78, 5) is 0. The molecule has 1 aromatic rings. The molecule has 0 amide bonds. The van der Waals surface area contributed by atoms with E-state index in [9.17, 15) is 4.39 Å². The molecule has 0 radical (unpaired) electrons. The minimum atomic E-state index is -0.225. The molecular weight excluding hydrogens is 273 g/mol. The second-order valence-electron chi connectivity index (χ2n) is 3.97. The second-order valence-corrected chi connectivity index (χ2v) is 4.83. The second kappa shape index (κ2) is 5.64. The average molecular weight is 288 g/mol. The first kappa shape index (κ1) is 11.9. The van der Waals surface area contributed by atoms with Gasteiger partial charge in [-0.05, 0) is 53.4 Å². The first-order chi connectivity index (χ1) is 7.75. The Morgan fingerprint density at radius 1 is 1.50 bits per heavy atom. The Kier molecular flexibility index (Phi) is 4.18. The van der Waals surface area contributed by atoms with Gasteiger partial charge in [0.05, 0.1) is 6.10 Å². The molecule has 1 aliphatic heterocycles. The van der Waals surface area contributed by atoms with Crippen molar-refractivity contribution in [3.63, 3.8) is 0 Å². The summed E-state index contributed by atoms with van der Waals surface area (Å²) >= 11 is 3.33. The van der Waals surface area contributed by atoms with Crippen molar-refractivity contribution >= 4 is 21.6 Å². The van der Waals surface area contributed by atoms with Crippen LogP contribution in [-0.4, -0.2) is 19.3 Å². The summed E-state index contributed by atoms with van der Waals surface area (Å²) in [5.41, 5.74) is 0.930. The summed E-state index contributed by atoms with van der Waals surface area (Å²) in [5.74, 6) is -0.225. The smallest absolute Gasteiger partial charge is 0.124 e. The fourth-order valence-electron chi connectivity index (χ4n) is 1.87. The summed E-state index contributed by atoms with van der Waals surface area (Å²) in [5, 5.41) is 3.27. The zero-order valence-electron chi connectivity index (χ0n) is 9.01. The summed E-state index contributed by atoms with van der Waals surface area (Å²) < 4.78 is 19.1. The van der Waals surface area contributed by atoms with Crippen LogP contribution in [0.25, 0.3) is 0 Å². The topological polar surface area (TPSA) is 21.3 Å². The summed E-state index contributed by atoms with van der Waals surface area (Å²) in [6.45, 7) is 1.75. The predicted molar refractivity (Wildman–Crippen MR) is 66.2 cm³/mol. The van der Waals surface area contributed by atoms with E-state index in [0.29, 0.717) is 6.10 Å².